The Hall–Kier alpha value is -2.76. The highest BCUT2D eigenvalue weighted by Gasteiger charge is 2.31. The number of rotatable bonds is 3. The lowest BCUT2D eigenvalue weighted by atomic mass is 10.2. The first kappa shape index (κ1) is 15.1. The fourth-order valence-corrected chi connectivity index (χ4v) is 2.57. The summed E-state index contributed by atoms with van der Waals surface area (Å²) in [6, 6.07) is 10.6. The standard InChI is InChI=1S/C17H14F2N2O2/c18-12-4-6-15(7-5-12)21-10-14(9-16(21)22)20-17(23)11-2-1-3-13(19)8-11/h1-8,14H,9-10H2,(H,20,23)/t14-/m0/s1. The van der Waals surface area contributed by atoms with Crippen molar-refractivity contribution in [3.63, 3.8) is 0 Å². The van der Waals surface area contributed by atoms with Crippen LogP contribution < -0.4 is 10.2 Å². The van der Waals surface area contributed by atoms with E-state index in [2.05, 4.69) is 5.32 Å². The third kappa shape index (κ3) is 3.36. The largest absolute Gasteiger partial charge is 0.347 e. The van der Waals surface area contributed by atoms with Gasteiger partial charge in [0.2, 0.25) is 5.91 Å². The molecule has 0 aliphatic carbocycles. The molecule has 1 N–H and O–H groups in total. The second-order valence-corrected chi connectivity index (χ2v) is 5.37. The summed E-state index contributed by atoms with van der Waals surface area (Å²) < 4.78 is 26.1. The highest BCUT2D eigenvalue weighted by molar-refractivity contribution is 5.98. The molecular weight excluding hydrogens is 302 g/mol. The van der Waals surface area contributed by atoms with Gasteiger partial charge in [-0.05, 0) is 42.5 Å². The molecule has 0 bridgehead atoms. The molecule has 1 atom stereocenters. The van der Waals surface area contributed by atoms with Gasteiger partial charge in [0, 0.05) is 24.2 Å². The lowest BCUT2D eigenvalue weighted by molar-refractivity contribution is -0.117. The first-order valence-corrected chi connectivity index (χ1v) is 7.15. The fraction of sp³-hybridized carbons (Fsp3) is 0.176. The molecule has 1 saturated heterocycles. The minimum absolute atomic E-state index is 0.151. The van der Waals surface area contributed by atoms with Gasteiger partial charge in [0.25, 0.3) is 5.91 Å². The van der Waals surface area contributed by atoms with E-state index in [9.17, 15) is 18.4 Å². The van der Waals surface area contributed by atoms with Gasteiger partial charge in [0.15, 0.2) is 0 Å². The van der Waals surface area contributed by atoms with Gasteiger partial charge >= 0.3 is 0 Å². The molecule has 0 spiro atoms. The number of halogens is 2. The highest BCUT2D eigenvalue weighted by atomic mass is 19.1. The van der Waals surface area contributed by atoms with E-state index in [1.807, 2.05) is 0 Å². The van der Waals surface area contributed by atoms with Crippen molar-refractivity contribution in [3.05, 3.63) is 65.7 Å². The molecule has 4 nitrogen and oxygen atoms in total. The van der Waals surface area contributed by atoms with Crippen LogP contribution in [0.25, 0.3) is 0 Å². The van der Waals surface area contributed by atoms with E-state index in [4.69, 9.17) is 0 Å². The third-order valence-corrected chi connectivity index (χ3v) is 3.69. The van der Waals surface area contributed by atoms with Gasteiger partial charge in [-0.25, -0.2) is 8.78 Å². The van der Waals surface area contributed by atoms with Gasteiger partial charge in [0.1, 0.15) is 11.6 Å². The zero-order valence-corrected chi connectivity index (χ0v) is 12.1. The van der Waals surface area contributed by atoms with Crippen LogP contribution >= 0.6 is 0 Å². The van der Waals surface area contributed by atoms with Crippen molar-refractivity contribution in [1.82, 2.24) is 5.32 Å². The predicted molar refractivity (Wildman–Crippen MR) is 81.0 cm³/mol. The summed E-state index contributed by atoms with van der Waals surface area (Å²) in [5.41, 5.74) is 0.789. The number of nitrogens with one attached hydrogen (secondary N) is 1. The topological polar surface area (TPSA) is 49.4 Å². The van der Waals surface area contributed by atoms with Gasteiger partial charge in [-0.15, -0.1) is 0 Å². The monoisotopic (exact) mass is 316 g/mol. The molecule has 0 unspecified atom stereocenters. The minimum atomic E-state index is -0.493. The number of carbonyl (C=O) groups is 2. The molecule has 2 amide bonds. The van der Waals surface area contributed by atoms with E-state index < -0.39 is 11.7 Å². The summed E-state index contributed by atoms with van der Waals surface area (Å²) in [7, 11) is 0. The first-order chi connectivity index (χ1) is 11.0. The summed E-state index contributed by atoms with van der Waals surface area (Å²) >= 11 is 0. The van der Waals surface area contributed by atoms with Crippen LogP contribution in [-0.2, 0) is 4.79 Å². The van der Waals surface area contributed by atoms with Crippen molar-refractivity contribution >= 4 is 17.5 Å². The number of anilines is 1. The normalized spacial score (nSPS) is 17.4. The number of benzene rings is 2. The Kier molecular flexibility index (Phi) is 4.06. The van der Waals surface area contributed by atoms with Crippen molar-refractivity contribution in [2.75, 3.05) is 11.4 Å². The molecular formula is C17H14F2N2O2. The van der Waals surface area contributed by atoms with E-state index in [0.717, 1.165) is 6.07 Å². The van der Waals surface area contributed by atoms with E-state index in [1.165, 1.54) is 47.4 Å². The molecule has 23 heavy (non-hydrogen) atoms. The molecule has 1 aliphatic rings. The molecule has 0 radical (unpaired) electrons. The average molecular weight is 316 g/mol. The van der Waals surface area contributed by atoms with E-state index in [-0.39, 0.29) is 29.8 Å². The van der Waals surface area contributed by atoms with E-state index in [0.29, 0.717) is 12.2 Å². The van der Waals surface area contributed by atoms with Gasteiger partial charge in [0.05, 0.1) is 6.04 Å². The number of carbonyl (C=O) groups excluding carboxylic acids is 2. The minimum Gasteiger partial charge on any atom is -0.347 e. The quantitative estimate of drug-likeness (QED) is 0.946. The lowest BCUT2D eigenvalue weighted by Crippen LogP contribution is -2.37. The van der Waals surface area contributed by atoms with E-state index in [1.54, 1.807) is 0 Å². The summed E-state index contributed by atoms with van der Waals surface area (Å²) in [6.45, 7) is 0.297. The van der Waals surface area contributed by atoms with Crippen LogP contribution in [0.1, 0.15) is 16.8 Å². The van der Waals surface area contributed by atoms with Crippen LogP contribution in [0.15, 0.2) is 48.5 Å². The zero-order valence-electron chi connectivity index (χ0n) is 12.1. The van der Waals surface area contributed by atoms with Crippen LogP contribution in [-0.4, -0.2) is 24.4 Å². The highest BCUT2D eigenvalue weighted by Crippen LogP contribution is 2.22. The number of amides is 2. The molecule has 3 rings (SSSR count). The van der Waals surface area contributed by atoms with Crippen LogP contribution in [0, 0.1) is 11.6 Å². The van der Waals surface area contributed by atoms with Crippen LogP contribution in [0.5, 0.6) is 0 Å². The summed E-state index contributed by atoms with van der Waals surface area (Å²) in [4.78, 5) is 25.6. The van der Waals surface area contributed by atoms with Gasteiger partial charge in [-0.3, -0.25) is 9.59 Å². The van der Waals surface area contributed by atoms with Crippen LogP contribution in [0.2, 0.25) is 0 Å². The Morgan fingerprint density at radius 3 is 2.52 bits per heavy atom. The molecule has 2 aromatic carbocycles. The average Bonchev–Trinajstić information content (AvgIpc) is 2.88. The van der Waals surface area contributed by atoms with Gasteiger partial charge in [-0.1, -0.05) is 6.07 Å². The predicted octanol–water partition coefficient (Wildman–Crippen LogP) is 2.50. The number of nitrogens with zero attached hydrogens (tertiary/aromatic N) is 1. The maximum atomic E-state index is 13.1. The Balaban J connectivity index is 1.68. The number of hydrogen-bond acceptors (Lipinski definition) is 2. The lowest BCUT2D eigenvalue weighted by Gasteiger charge is -2.17. The molecule has 118 valence electrons. The zero-order chi connectivity index (χ0) is 16.4. The Morgan fingerprint density at radius 2 is 1.83 bits per heavy atom. The Morgan fingerprint density at radius 1 is 1.09 bits per heavy atom. The smallest absolute Gasteiger partial charge is 0.251 e. The number of hydrogen-bond donors (Lipinski definition) is 1. The van der Waals surface area contributed by atoms with Crippen LogP contribution in [0.3, 0.4) is 0 Å². The van der Waals surface area contributed by atoms with Gasteiger partial charge < -0.3 is 10.2 Å². The summed E-state index contributed by atoms with van der Waals surface area (Å²) in [5.74, 6) is -1.45. The van der Waals surface area contributed by atoms with Crippen molar-refractivity contribution in [1.29, 1.82) is 0 Å². The maximum absolute atomic E-state index is 13.1. The second kappa shape index (κ2) is 6.16. The van der Waals surface area contributed by atoms with E-state index >= 15 is 0 Å². The SMILES string of the molecule is O=C(N[C@H]1CC(=O)N(c2ccc(F)cc2)C1)c1cccc(F)c1. The molecule has 1 fully saturated rings. The second-order valence-electron chi connectivity index (χ2n) is 5.37. The Bertz CT molecular complexity index is 747. The van der Waals surface area contributed by atoms with Crippen molar-refractivity contribution in [3.8, 4) is 0 Å². The van der Waals surface area contributed by atoms with Crippen molar-refractivity contribution in [2.24, 2.45) is 0 Å². The third-order valence-electron chi connectivity index (χ3n) is 3.69. The molecule has 2 aromatic rings. The first-order valence-electron chi connectivity index (χ1n) is 7.15. The molecule has 1 aliphatic heterocycles. The van der Waals surface area contributed by atoms with Crippen LogP contribution in [0.4, 0.5) is 14.5 Å². The summed E-state index contributed by atoms with van der Waals surface area (Å²) in [5, 5.41) is 2.72. The Labute approximate surface area is 131 Å². The fourth-order valence-electron chi connectivity index (χ4n) is 2.57. The maximum Gasteiger partial charge on any atom is 0.251 e. The van der Waals surface area contributed by atoms with Crippen molar-refractivity contribution in [2.45, 2.75) is 12.5 Å². The molecule has 1 heterocycles. The summed E-state index contributed by atoms with van der Waals surface area (Å²) in [6.07, 6.45) is 0.151. The molecule has 0 aromatic heterocycles. The molecule has 0 saturated carbocycles. The van der Waals surface area contributed by atoms with Crippen molar-refractivity contribution < 1.29 is 18.4 Å². The van der Waals surface area contributed by atoms with Gasteiger partial charge in [-0.2, -0.15) is 0 Å². The molecule has 6 heteroatoms.